The van der Waals surface area contributed by atoms with E-state index < -0.39 is 5.82 Å². The van der Waals surface area contributed by atoms with Crippen LogP contribution in [0, 0.1) is 5.82 Å². The topological polar surface area (TPSA) is 59.2 Å². The van der Waals surface area contributed by atoms with Crippen LogP contribution in [0.3, 0.4) is 0 Å². The predicted octanol–water partition coefficient (Wildman–Crippen LogP) is 1.82. The summed E-state index contributed by atoms with van der Waals surface area (Å²) >= 11 is 0. The van der Waals surface area contributed by atoms with Gasteiger partial charge in [-0.25, -0.2) is 9.37 Å². The molecule has 0 bridgehead atoms. The number of anilines is 1. The lowest BCUT2D eigenvalue weighted by molar-refractivity contribution is 0.0738. The molecule has 1 amide bonds. The zero-order valence-corrected chi connectivity index (χ0v) is 9.82. The summed E-state index contributed by atoms with van der Waals surface area (Å²) in [7, 11) is 0. The molecule has 2 rings (SSSR count). The number of aromatic nitrogens is 1. The lowest BCUT2D eigenvalue weighted by Crippen LogP contribution is -2.34. The van der Waals surface area contributed by atoms with Crippen LogP contribution in [0.1, 0.15) is 36.5 Å². The third-order valence-electron chi connectivity index (χ3n) is 2.86. The number of halogens is 1. The molecule has 2 N–H and O–H groups in total. The van der Waals surface area contributed by atoms with Crippen molar-refractivity contribution in [1.82, 2.24) is 9.88 Å². The third kappa shape index (κ3) is 2.38. The highest BCUT2D eigenvalue weighted by molar-refractivity contribution is 5.95. The zero-order chi connectivity index (χ0) is 12.4. The standard InChI is InChI=1S/C12H16FN3O/c1-2-7-16(8-3-4-8)12(17)9-5-6-15-11(14)10(9)13/h5-6,8H,2-4,7H2,1H3,(H2,14,15). The molecule has 1 heterocycles. The smallest absolute Gasteiger partial charge is 0.257 e. The first-order valence-electron chi connectivity index (χ1n) is 5.86. The Morgan fingerprint density at radius 3 is 2.94 bits per heavy atom. The molecular weight excluding hydrogens is 221 g/mol. The molecule has 5 heteroatoms. The number of amides is 1. The first kappa shape index (κ1) is 11.8. The average Bonchev–Trinajstić information content (AvgIpc) is 3.13. The second kappa shape index (κ2) is 4.69. The molecule has 4 nitrogen and oxygen atoms in total. The van der Waals surface area contributed by atoms with Crippen molar-refractivity contribution in [1.29, 1.82) is 0 Å². The highest BCUT2D eigenvalue weighted by Gasteiger charge is 2.33. The Bertz CT molecular complexity index is 432. The minimum Gasteiger partial charge on any atom is -0.381 e. The number of hydrogen-bond acceptors (Lipinski definition) is 3. The summed E-state index contributed by atoms with van der Waals surface area (Å²) in [6.45, 7) is 2.66. The molecule has 1 fully saturated rings. The molecule has 0 radical (unpaired) electrons. The molecule has 0 aromatic carbocycles. The van der Waals surface area contributed by atoms with Gasteiger partial charge in [0, 0.05) is 18.8 Å². The number of nitrogens with two attached hydrogens (primary N) is 1. The van der Waals surface area contributed by atoms with E-state index in [4.69, 9.17) is 5.73 Å². The molecule has 0 unspecified atom stereocenters. The fourth-order valence-electron chi connectivity index (χ4n) is 1.86. The van der Waals surface area contributed by atoms with Crippen molar-refractivity contribution in [3.63, 3.8) is 0 Å². The number of pyridine rings is 1. The lowest BCUT2D eigenvalue weighted by atomic mass is 10.2. The van der Waals surface area contributed by atoms with Crippen molar-refractivity contribution < 1.29 is 9.18 Å². The fraction of sp³-hybridized carbons (Fsp3) is 0.500. The fourth-order valence-corrected chi connectivity index (χ4v) is 1.86. The van der Waals surface area contributed by atoms with E-state index in [0.717, 1.165) is 19.3 Å². The molecule has 92 valence electrons. The summed E-state index contributed by atoms with van der Waals surface area (Å²) in [6, 6.07) is 1.66. The SMILES string of the molecule is CCCN(C(=O)c1ccnc(N)c1F)C1CC1. The van der Waals surface area contributed by atoms with Crippen molar-refractivity contribution in [3.05, 3.63) is 23.6 Å². The summed E-state index contributed by atoms with van der Waals surface area (Å²) in [6.07, 6.45) is 4.24. The predicted molar refractivity (Wildman–Crippen MR) is 63.0 cm³/mol. The molecule has 0 saturated heterocycles. The van der Waals surface area contributed by atoms with Crippen molar-refractivity contribution in [3.8, 4) is 0 Å². The zero-order valence-electron chi connectivity index (χ0n) is 9.82. The molecule has 1 aromatic rings. The summed E-state index contributed by atoms with van der Waals surface area (Å²) in [5, 5.41) is 0. The van der Waals surface area contributed by atoms with E-state index in [-0.39, 0.29) is 23.3 Å². The van der Waals surface area contributed by atoms with Gasteiger partial charge in [0.15, 0.2) is 11.6 Å². The molecule has 17 heavy (non-hydrogen) atoms. The van der Waals surface area contributed by atoms with Gasteiger partial charge in [0.2, 0.25) is 0 Å². The number of hydrogen-bond donors (Lipinski definition) is 1. The van der Waals surface area contributed by atoms with Crippen molar-refractivity contribution in [2.75, 3.05) is 12.3 Å². The van der Waals surface area contributed by atoms with Gasteiger partial charge >= 0.3 is 0 Å². The van der Waals surface area contributed by atoms with E-state index in [9.17, 15) is 9.18 Å². The molecular formula is C12H16FN3O. The van der Waals surface area contributed by atoms with E-state index in [0.29, 0.717) is 6.54 Å². The van der Waals surface area contributed by atoms with Crippen LogP contribution in [0.25, 0.3) is 0 Å². The lowest BCUT2D eigenvalue weighted by Gasteiger charge is -2.22. The quantitative estimate of drug-likeness (QED) is 0.868. The van der Waals surface area contributed by atoms with E-state index >= 15 is 0 Å². The summed E-state index contributed by atoms with van der Waals surface area (Å²) in [5.41, 5.74) is 5.39. The number of nitrogen functional groups attached to an aromatic ring is 1. The molecule has 0 spiro atoms. The van der Waals surface area contributed by atoms with Crippen LogP contribution in [0.15, 0.2) is 12.3 Å². The Hall–Kier alpha value is -1.65. The van der Waals surface area contributed by atoms with Crippen LogP contribution >= 0.6 is 0 Å². The third-order valence-corrected chi connectivity index (χ3v) is 2.86. The Balaban J connectivity index is 2.25. The number of nitrogens with zero attached hydrogens (tertiary/aromatic N) is 2. The van der Waals surface area contributed by atoms with Crippen LogP contribution in [-0.2, 0) is 0 Å². The highest BCUT2D eigenvalue weighted by atomic mass is 19.1. The molecule has 1 aromatic heterocycles. The molecule has 1 saturated carbocycles. The van der Waals surface area contributed by atoms with Crippen LogP contribution in [-0.4, -0.2) is 28.4 Å². The van der Waals surface area contributed by atoms with Gasteiger partial charge in [-0.15, -0.1) is 0 Å². The minimum atomic E-state index is -0.709. The van der Waals surface area contributed by atoms with Gasteiger partial charge < -0.3 is 10.6 Å². The van der Waals surface area contributed by atoms with Gasteiger partial charge in [0.05, 0.1) is 5.56 Å². The van der Waals surface area contributed by atoms with Gasteiger partial charge in [0.1, 0.15) is 0 Å². The minimum absolute atomic E-state index is 0.0258. The normalized spacial score (nSPS) is 14.7. The van der Waals surface area contributed by atoms with E-state index in [1.165, 1.54) is 12.3 Å². The monoisotopic (exact) mass is 237 g/mol. The second-order valence-electron chi connectivity index (χ2n) is 4.29. The van der Waals surface area contributed by atoms with Crippen molar-refractivity contribution in [2.24, 2.45) is 0 Å². The first-order chi connectivity index (χ1) is 8.15. The van der Waals surface area contributed by atoms with Crippen LogP contribution in [0.5, 0.6) is 0 Å². The number of carbonyl (C=O) groups excluding carboxylic acids is 1. The second-order valence-corrected chi connectivity index (χ2v) is 4.29. The van der Waals surface area contributed by atoms with Gasteiger partial charge in [-0.1, -0.05) is 6.92 Å². The Morgan fingerprint density at radius 2 is 2.35 bits per heavy atom. The molecule has 0 atom stereocenters. The number of carbonyl (C=O) groups is 1. The maximum Gasteiger partial charge on any atom is 0.257 e. The van der Waals surface area contributed by atoms with Gasteiger partial charge in [-0.2, -0.15) is 0 Å². The van der Waals surface area contributed by atoms with Crippen molar-refractivity contribution in [2.45, 2.75) is 32.2 Å². The van der Waals surface area contributed by atoms with E-state index in [2.05, 4.69) is 4.98 Å². The van der Waals surface area contributed by atoms with Gasteiger partial charge in [0.25, 0.3) is 5.91 Å². The van der Waals surface area contributed by atoms with Crippen LogP contribution in [0.4, 0.5) is 10.2 Å². The van der Waals surface area contributed by atoms with Crippen molar-refractivity contribution >= 4 is 11.7 Å². The van der Waals surface area contributed by atoms with E-state index in [1.54, 1.807) is 4.90 Å². The van der Waals surface area contributed by atoms with Crippen LogP contribution < -0.4 is 5.73 Å². The largest absolute Gasteiger partial charge is 0.381 e. The van der Waals surface area contributed by atoms with E-state index in [1.807, 2.05) is 6.92 Å². The Kier molecular flexibility index (Phi) is 3.26. The Morgan fingerprint density at radius 1 is 1.65 bits per heavy atom. The van der Waals surface area contributed by atoms with Crippen LogP contribution in [0.2, 0.25) is 0 Å². The summed E-state index contributed by atoms with van der Waals surface area (Å²) in [4.78, 5) is 17.5. The Labute approximate surface area is 99.6 Å². The van der Waals surface area contributed by atoms with Gasteiger partial charge in [-0.05, 0) is 25.3 Å². The maximum absolute atomic E-state index is 13.7. The summed E-state index contributed by atoms with van der Waals surface area (Å²) in [5.74, 6) is -1.21. The maximum atomic E-state index is 13.7. The first-order valence-corrected chi connectivity index (χ1v) is 5.86. The van der Waals surface area contributed by atoms with Gasteiger partial charge in [-0.3, -0.25) is 4.79 Å². The highest BCUT2D eigenvalue weighted by Crippen LogP contribution is 2.29. The molecule has 1 aliphatic carbocycles. The molecule has 1 aliphatic rings. The average molecular weight is 237 g/mol. The number of rotatable bonds is 4. The molecule has 0 aliphatic heterocycles. The summed E-state index contributed by atoms with van der Waals surface area (Å²) < 4.78 is 13.7.